The molecular formula is C50H31N. The Morgan fingerprint density at radius 2 is 0.686 bits per heavy atom. The van der Waals surface area contributed by atoms with Crippen molar-refractivity contribution in [3.05, 3.63) is 188 Å². The van der Waals surface area contributed by atoms with Crippen LogP contribution in [-0.4, -0.2) is 4.57 Å². The molecule has 0 saturated carbocycles. The Balaban J connectivity index is 1.17. The van der Waals surface area contributed by atoms with Gasteiger partial charge in [-0.2, -0.15) is 0 Å². The highest BCUT2D eigenvalue weighted by atomic mass is 15.0. The molecule has 1 heterocycles. The van der Waals surface area contributed by atoms with Crippen LogP contribution in [0.5, 0.6) is 0 Å². The first-order chi connectivity index (χ1) is 25.3. The van der Waals surface area contributed by atoms with Crippen LogP contribution in [0.2, 0.25) is 0 Å². The molecule has 1 aromatic heterocycles. The van der Waals surface area contributed by atoms with E-state index < -0.39 is 0 Å². The number of hydrogen-bond acceptors (Lipinski definition) is 0. The number of nitrogens with zero attached hydrogens (tertiary/aromatic N) is 1. The van der Waals surface area contributed by atoms with Crippen LogP contribution >= 0.6 is 0 Å². The summed E-state index contributed by atoms with van der Waals surface area (Å²) >= 11 is 0. The Kier molecular flexibility index (Phi) is 6.02. The van der Waals surface area contributed by atoms with Gasteiger partial charge in [-0.05, 0) is 100 Å². The molecule has 0 aliphatic rings. The fraction of sp³-hybridized carbons (Fsp3) is 0. The lowest BCUT2D eigenvalue weighted by molar-refractivity contribution is 1.18. The summed E-state index contributed by atoms with van der Waals surface area (Å²) in [4.78, 5) is 0. The van der Waals surface area contributed by atoms with Crippen molar-refractivity contribution in [1.82, 2.24) is 4.57 Å². The van der Waals surface area contributed by atoms with Gasteiger partial charge in [-0.25, -0.2) is 0 Å². The first-order valence-electron chi connectivity index (χ1n) is 17.7. The van der Waals surface area contributed by atoms with Crippen molar-refractivity contribution in [3.8, 4) is 27.9 Å². The molecule has 51 heavy (non-hydrogen) atoms. The van der Waals surface area contributed by atoms with E-state index in [9.17, 15) is 0 Å². The van der Waals surface area contributed by atoms with Crippen LogP contribution in [-0.2, 0) is 0 Å². The van der Waals surface area contributed by atoms with Crippen molar-refractivity contribution in [2.75, 3.05) is 0 Å². The third-order valence-corrected chi connectivity index (χ3v) is 11.0. The Hall–Kier alpha value is -6.70. The normalized spacial score (nSPS) is 11.9. The maximum Gasteiger partial charge on any atom is 0.0547 e. The number of rotatable bonds is 3. The number of hydrogen-bond donors (Lipinski definition) is 0. The van der Waals surface area contributed by atoms with E-state index >= 15 is 0 Å². The standard InChI is InChI=1S/C50H31N/c1-4-16-37-32(12-1)15-11-23-40(37)48-43-21-9-7-19-41(43)47(42-20-8-10-22-44(42)48)35-24-28-36(29-25-35)51-45-30-26-33-13-2-5-17-38(33)49(45)50-39-18-6-3-14-34(39)27-31-46(50)51/h1-31H. The number of aromatic nitrogens is 1. The summed E-state index contributed by atoms with van der Waals surface area (Å²) in [5.41, 5.74) is 8.66. The van der Waals surface area contributed by atoms with Crippen molar-refractivity contribution in [2.45, 2.75) is 0 Å². The summed E-state index contributed by atoms with van der Waals surface area (Å²) in [6.07, 6.45) is 0. The second kappa shape index (κ2) is 10.9. The molecule has 0 amide bonds. The second-order valence-corrected chi connectivity index (χ2v) is 13.6. The zero-order valence-electron chi connectivity index (χ0n) is 27.8. The van der Waals surface area contributed by atoms with Gasteiger partial charge < -0.3 is 4.57 Å². The van der Waals surface area contributed by atoms with Gasteiger partial charge in [0.05, 0.1) is 11.0 Å². The summed E-state index contributed by atoms with van der Waals surface area (Å²) in [5.74, 6) is 0. The minimum Gasteiger partial charge on any atom is -0.309 e. The van der Waals surface area contributed by atoms with Crippen LogP contribution in [0.15, 0.2) is 188 Å². The molecule has 10 aromatic carbocycles. The zero-order valence-corrected chi connectivity index (χ0v) is 27.8. The highest BCUT2D eigenvalue weighted by molar-refractivity contribution is 6.29. The first-order valence-corrected chi connectivity index (χ1v) is 17.7. The summed E-state index contributed by atoms with van der Waals surface area (Å²) in [5, 5.41) is 15.3. The van der Waals surface area contributed by atoms with Gasteiger partial charge in [0.2, 0.25) is 0 Å². The smallest absolute Gasteiger partial charge is 0.0547 e. The maximum absolute atomic E-state index is 2.45. The van der Waals surface area contributed by atoms with E-state index in [0.717, 1.165) is 5.69 Å². The molecule has 0 radical (unpaired) electrons. The minimum atomic E-state index is 1.16. The molecule has 1 heteroatoms. The van der Waals surface area contributed by atoms with E-state index in [1.54, 1.807) is 0 Å². The van der Waals surface area contributed by atoms with E-state index in [0.29, 0.717) is 0 Å². The molecule has 11 aromatic rings. The van der Waals surface area contributed by atoms with Gasteiger partial charge in [0.15, 0.2) is 0 Å². The van der Waals surface area contributed by atoms with Gasteiger partial charge in [0.1, 0.15) is 0 Å². The Bertz CT molecular complexity index is 3020. The van der Waals surface area contributed by atoms with E-state index in [1.807, 2.05) is 0 Å². The predicted octanol–water partition coefficient (Wildman–Crippen LogP) is 13.9. The topological polar surface area (TPSA) is 4.93 Å². The third kappa shape index (κ3) is 4.09. The second-order valence-electron chi connectivity index (χ2n) is 13.6. The van der Waals surface area contributed by atoms with Crippen molar-refractivity contribution >= 4 is 75.7 Å². The molecule has 0 aliphatic heterocycles. The van der Waals surface area contributed by atoms with Crippen molar-refractivity contribution < 1.29 is 0 Å². The molecule has 11 rings (SSSR count). The lowest BCUT2D eigenvalue weighted by Gasteiger charge is -2.19. The molecule has 0 unspecified atom stereocenters. The van der Waals surface area contributed by atoms with Gasteiger partial charge in [-0.15, -0.1) is 0 Å². The molecule has 0 saturated heterocycles. The first kappa shape index (κ1) is 28.2. The monoisotopic (exact) mass is 645 g/mol. The molecule has 0 fully saturated rings. The van der Waals surface area contributed by atoms with Crippen LogP contribution in [0.1, 0.15) is 0 Å². The highest BCUT2D eigenvalue weighted by Gasteiger charge is 2.20. The molecule has 1 nitrogen and oxygen atoms in total. The molecule has 0 bridgehead atoms. The minimum absolute atomic E-state index is 1.16. The summed E-state index contributed by atoms with van der Waals surface area (Å²) < 4.78 is 2.45. The fourth-order valence-electron chi connectivity index (χ4n) is 8.78. The Morgan fingerprint density at radius 1 is 0.275 bits per heavy atom. The van der Waals surface area contributed by atoms with E-state index in [-0.39, 0.29) is 0 Å². The van der Waals surface area contributed by atoms with Gasteiger partial charge >= 0.3 is 0 Å². The maximum atomic E-state index is 2.45. The Morgan fingerprint density at radius 3 is 1.22 bits per heavy atom. The van der Waals surface area contributed by atoms with Gasteiger partial charge in [-0.1, -0.05) is 164 Å². The number of fused-ring (bicyclic) bond motifs is 10. The average Bonchev–Trinajstić information content (AvgIpc) is 3.55. The van der Waals surface area contributed by atoms with Crippen LogP contribution in [0.3, 0.4) is 0 Å². The van der Waals surface area contributed by atoms with Crippen molar-refractivity contribution in [3.63, 3.8) is 0 Å². The lowest BCUT2D eigenvalue weighted by Crippen LogP contribution is -1.95. The lowest BCUT2D eigenvalue weighted by atomic mass is 9.85. The SMILES string of the molecule is c1ccc2c(-c3c4ccccc4c(-c4ccc(-n5c6ccc7ccccc7c6c6c7ccccc7ccc65)cc4)c4ccccc34)cccc2c1. The van der Waals surface area contributed by atoms with Crippen molar-refractivity contribution in [2.24, 2.45) is 0 Å². The van der Waals surface area contributed by atoms with E-state index in [1.165, 1.54) is 97.9 Å². The predicted molar refractivity (Wildman–Crippen MR) is 219 cm³/mol. The molecule has 0 spiro atoms. The van der Waals surface area contributed by atoms with Crippen LogP contribution in [0.4, 0.5) is 0 Å². The summed E-state index contributed by atoms with van der Waals surface area (Å²) in [6, 6.07) is 69.2. The Labute approximate surface area is 295 Å². The quantitative estimate of drug-likeness (QED) is 0.169. The number of benzene rings is 10. The van der Waals surface area contributed by atoms with Gasteiger partial charge in [0, 0.05) is 16.5 Å². The molecular weight excluding hydrogens is 615 g/mol. The largest absolute Gasteiger partial charge is 0.309 e. The summed E-state index contributed by atoms with van der Waals surface area (Å²) in [6.45, 7) is 0. The third-order valence-electron chi connectivity index (χ3n) is 11.0. The van der Waals surface area contributed by atoms with Crippen LogP contribution in [0.25, 0.3) is 104 Å². The van der Waals surface area contributed by atoms with E-state index in [2.05, 4.69) is 193 Å². The zero-order chi connectivity index (χ0) is 33.5. The van der Waals surface area contributed by atoms with Crippen LogP contribution in [0, 0.1) is 0 Å². The van der Waals surface area contributed by atoms with E-state index in [4.69, 9.17) is 0 Å². The average molecular weight is 646 g/mol. The van der Waals surface area contributed by atoms with Gasteiger partial charge in [0.25, 0.3) is 0 Å². The molecule has 0 atom stereocenters. The van der Waals surface area contributed by atoms with Gasteiger partial charge in [-0.3, -0.25) is 0 Å². The molecule has 0 aliphatic carbocycles. The van der Waals surface area contributed by atoms with Crippen molar-refractivity contribution in [1.29, 1.82) is 0 Å². The fourth-order valence-corrected chi connectivity index (χ4v) is 8.78. The highest BCUT2D eigenvalue weighted by Crippen LogP contribution is 2.46. The molecule has 0 N–H and O–H groups in total. The summed E-state index contributed by atoms with van der Waals surface area (Å²) in [7, 11) is 0. The molecule has 236 valence electrons. The van der Waals surface area contributed by atoms with Crippen LogP contribution < -0.4 is 0 Å².